The molecule has 0 unspecified atom stereocenters. The van der Waals surface area contributed by atoms with E-state index in [1.165, 1.54) is 0 Å². The van der Waals surface area contributed by atoms with Crippen LogP contribution in [-0.2, 0) is 11.3 Å². The third-order valence-electron chi connectivity index (χ3n) is 4.07. The van der Waals surface area contributed by atoms with Gasteiger partial charge < -0.3 is 9.30 Å². The van der Waals surface area contributed by atoms with Gasteiger partial charge in [-0.15, -0.1) is 0 Å². The topological polar surface area (TPSA) is 71.2 Å². The number of amides is 1. The highest BCUT2D eigenvalue weighted by Gasteiger charge is 2.28. The van der Waals surface area contributed by atoms with Crippen molar-refractivity contribution in [2.45, 2.75) is 6.54 Å². The molecule has 6 heteroatoms. The Morgan fingerprint density at radius 2 is 1.96 bits per heavy atom. The lowest BCUT2D eigenvalue weighted by atomic mass is 10.2. The van der Waals surface area contributed by atoms with Crippen molar-refractivity contribution in [3.05, 3.63) is 54.1 Å². The number of benzene rings is 2. The predicted molar refractivity (Wildman–Crippen MR) is 88.7 cm³/mol. The maximum absolute atomic E-state index is 12.5. The molecule has 118 valence electrons. The number of nitriles is 1. The van der Waals surface area contributed by atoms with Crippen molar-refractivity contribution >= 4 is 22.9 Å². The standard InChI is InChI=1S/C18H14N4O2/c19-11-13-5-7-14(8-6-13)24-12-17(23)22-10-9-21-16-4-2-1-3-15(16)20-18(21)22/h1-8H,9-10,12H2. The van der Waals surface area contributed by atoms with Crippen molar-refractivity contribution in [2.24, 2.45) is 0 Å². The van der Waals surface area contributed by atoms with E-state index in [-0.39, 0.29) is 12.5 Å². The van der Waals surface area contributed by atoms with Gasteiger partial charge in [0.2, 0.25) is 5.95 Å². The van der Waals surface area contributed by atoms with Gasteiger partial charge in [0.1, 0.15) is 5.75 Å². The van der Waals surface area contributed by atoms with Gasteiger partial charge in [-0.3, -0.25) is 9.69 Å². The van der Waals surface area contributed by atoms with Crippen LogP contribution in [0.2, 0.25) is 0 Å². The third-order valence-corrected chi connectivity index (χ3v) is 4.07. The Balaban J connectivity index is 1.49. The van der Waals surface area contributed by atoms with Crippen LogP contribution >= 0.6 is 0 Å². The number of anilines is 1. The molecule has 0 saturated heterocycles. The van der Waals surface area contributed by atoms with E-state index < -0.39 is 0 Å². The summed E-state index contributed by atoms with van der Waals surface area (Å²) in [5.41, 5.74) is 2.48. The lowest BCUT2D eigenvalue weighted by Gasteiger charge is -2.14. The number of fused-ring (bicyclic) bond motifs is 3. The number of carbonyl (C=O) groups is 1. The SMILES string of the molecule is N#Cc1ccc(OCC(=O)N2CCn3c2nc2ccccc23)cc1. The van der Waals surface area contributed by atoms with Crippen molar-refractivity contribution < 1.29 is 9.53 Å². The van der Waals surface area contributed by atoms with Crippen molar-refractivity contribution in [1.82, 2.24) is 9.55 Å². The fraction of sp³-hybridized carbons (Fsp3) is 0.167. The number of nitrogens with zero attached hydrogens (tertiary/aromatic N) is 4. The Hall–Kier alpha value is -3.33. The van der Waals surface area contributed by atoms with Crippen molar-refractivity contribution in [2.75, 3.05) is 18.1 Å². The van der Waals surface area contributed by atoms with Gasteiger partial charge in [0, 0.05) is 13.1 Å². The zero-order valence-electron chi connectivity index (χ0n) is 12.8. The average molecular weight is 318 g/mol. The third kappa shape index (κ3) is 2.36. The molecule has 0 atom stereocenters. The molecule has 3 aromatic rings. The number of para-hydroxylation sites is 2. The second kappa shape index (κ2) is 5.70. The molecule has 2 heterocycles. The fourth-order valence-corrected chi connectivity index (χ4v) is 2.87. The van der Waals surface area contributed by atoms with Gasteiger partial charge in [0.25, 0.3) is 5.91 Å². The Labute approximate surface area is 138 Å². The molecule has 1 amide bonds. The number of imidazole rings is 1. The van der Waals surface area contributed by atoms with E-state index in [9.17, 15) is 4.79 Å². The van der Waals surface area contributed by atoms with Gasteiger partial charge in [-0.2, -0.15) is 5.26 Å². The van der Waals surface area contributed by atoms with Crippen LogP contribution in [0.3, 0.4) is 0 Å². The number of carbonyl (C=O) groups excluding carboxylic acids is 1. The van der Waals surface area contributed by atoms with Gasteiger partial charge in [-0.1, -0.05) is 12.1 Å². The highest BCUT2D eigenvalue weighted by molar-refractivity contribution is 5.95. The molecule has 0 fully saturated rings. The van der Waals surface area contributed by atoms with Crippen LogP contribution in [0, 0.1) is 11.3 Å². The van der Waals surface area contributed by atoms with E-state index in [2.05, 4.69) is 9.55 Å². The lowest BCUT2D eigenvalue weighted by Crippen LogP contribution is -2.33. The Morgan fingerprint density at radius 3 is 2.75 bits per heavy atom. The van der Waals surface area contributed by atoms with E-state index in [4.69, 9.17) is 10.00 Å². The molecule has 0 saturated carbocycles. The molecule has 4 rings (SSSR count). The first-order chi connectivity index (χ1) is 11.8. The first-order valence-corrected chi connectivity index (χ1v) is 7.65. The van der Waals surface area contributed by atoms with Crippen molar-refractivity contribution in [3.8, 4) is 11.8 Å². The first kappa shape index (κ1) is 14.3. The second-order valence-electron chi connectivity index (χ2n) is 5.52. The van der Waals surface area contributed by atoms with Gasteiger partial charge in [0.05, 0.1) is 22.7 Å². The highest BCUT2D eigenvalue weighted by Crippen LogP contribution is 2.27. The summed E-state index contributed by atoms with van der Waals surface area (Å²) in [7, 11) is 0. The van der Waals surface area contributed by atoms with Gasteiger partial charge >= 0.3 is 0 Å². The molecule has 1 aromatic heterocycles. The fourth-order valence-electron chi connectivity index (χ4n) is 2.87. The van der Waals surface area contributed by atoms with E-state index in [0.29, 0.717) is 23.8 Å². The minimum Gasteiger partial charge on any atom is -0.484 e. The predicted octanol–water partition coefficient (Wildman–Crippen LogP) is 2.33. The van der Waals surface area contributed by atoms with Gasteiger partial charge in [-0.05, 0) is 36.4 Å². The Bertz CT molecular complexity index is 953. The largest absolute Gasteiger partial charge is 0.484 e. The summed E-state index contributed by atoms with van der Waals surface area (Å²) < 4.78 is 7.58. The normalized spacial score (nSPS) is 12.9. The van der Waals surface area contributed by atoms with Gasteiger partial charge in [-0.25, -0.2) is 4.98 Å². The summed E-state index contributed by atoms with van der Waals surface area (Å²) in [4.78, 5) is 18.7. The Kier molecular flexibility index (Phi) is 3.39. The van der Waals surface area contributed by atoms with Crippen LogP contribution < -0.4 is 9.64 Å². The number of ether oxygens (including phenoxy) is 1. The van der Waals surface area contributed by atoms with Crippen LogP contribution in [-0.4, -0.2) is 28.6 Å². The highest BCUT2D eigenvalue weighted by atomic mass is 16.5. The minimum atomic E-state index is -0.131. The zero-order chi connectivity index (χ0) is 16.5. The van der Waals surface area contributed by atoms with Crippen molar-refractivity contribution in [1.29, 1.82) is 5.26 Å². The monoisotopic (exact) mass is 318 g/mol. The quantitative estimate of drug-likeness (QED) is 0.743. The molecule has 2 aromatic carbocycles. The van der Waals surface area contributed by atoms with Crippen LogP contribution in [0.1, 0.15) is 5.56 Å². The number of hydrogen-bond donors (Lipinski definition) is 0. The van der Waals surface area contributed by atoms with E-state index in [1.807, 2.05) is 30.3 Å². The Morgan fingerprint density at radius 1 is 1.17 bits per heavy atom. The molecule has 0 aliphatic carbocycles. The summed E-state index contributed by atoms with van der Waals surface area (Å²) in [5, 5.41) is 8.78. The van der Waals surface area contributed by atoms with E-state index in [1.54, 1.807) is 29.2 Å². The number of rotatable bonds is 3. The van der Waals surface area contributed by atoms with E-state index >= 15 is 0 Å². The summed E-state index contributed by atoms with van der Waals surface area (Å²) >= 11 is 0. The molecule has 0 radical (unpaired) electrons. The molecule has 6 nitrogen and oxygen atoms in total. The molecule has 24 heavy (non-hydrogen) atoms. The second-order valence-corrected chi connectivity index (χ2v) is 5.52. The van der Waals surface area contributed by atoms with Crippen LogP contribution in [0.5, 0.6) is 5.75 Å². The van der Waals surface area contributed by atoms with Crippen LogP contribution in [0.4, 0.5) is 5.95 Å². The molecule has 1 aliphatic heterocycles. The smallest absolute Gasteiger partial charge is 0.267 e. The number of aromatic nitrogens is 2. The molecular formula is C18H14N4O2. The van der Waals surface area contributed by atoms with Crippen LogP contribution in [0.25, 0.3) is 11.0 Å². The number of hydrogen-bond acceptors (Lipinski definition) is 4. The molecule has 0 bridgehead atoms. The molecule has 0 N–H and O–H groups in total. The first-order valence-electron chi connectivity index (χ1n) is 7.65. The summed E-state index contributed by atoms with van der Waals surface area (Å²) in [6.07, 6.45) is 0. The molecule has 1 aliphatic rings. The maximum Gasteiger partial charge on any atom is 0.267 e. The summed E-state index contributed by atoms with van der Waals surface area (Å²) in [5.74, 6) is 1.10. The lowest BCUT2D eigenvalue weighted by molar-refractivity contribution is -0.120. The van der Waals surface area contributed by atoms with Crippen molar-refractivity contribution in [3.63, 3.8) is 0 Å². The molecular weight excluding hydrogens is 304 g/mol. The van der Waals surface area contributed by atoms with E-state index in [0.717, 1.165) is 17.6 Å². The maximum atomic E-state index is 12.5. The van der Waals surface area contributed by atoms with Gasteiger partial charge in [0.15, 0.2) is 6.61 Å². The summed E-state index contributed by atoms with van der Waals surface area (Å²) in [6.45, 7) is 1.27. The van der Waals surface area contributed by atoms with Crippen LogP contribution in [0.15, 0.2) is 48.5 Å². The molecule has 0 spiro atoms. The zero-order valence-corrected chi connectivity index (χ0v) is 12.8. The summed E-state index contributed by atoms with van der Waals surface area (Å²) in [6, 6.07) is 16.6. The average Bonchev–Trinajstić information content (AvgIpc) is 3.19. The minimum absolute atomic E-state index is 0.0604.